The van der Waals surface area contributed by atoms with Gasteiger partial charge in [-0.15, -0.1) is 0 Å². The number of fused-ring (bicyclic) bond motifs is 1. The quantitative estimate of drug-likeness (QED) is 0.376. The summed E-state index contributed by atoms with van der Waals surface area (Å²) >= 11 is 0. The third-order valence-corrected chi connectivity index (χ3v) is 1.42. The molecule has 0 atom stereocenters. The van der Waals surface area contributed by atoms with Crippen molar-refractivity contribution in [2.75, 3.05) is 0 Å². The van der Waals surface area contributed by atoms with E-state index in [2.05, 4.69) is 5.32 Å². The third-order valence-electron chi connectivity index (χ3n) is 1.42. The molecule has 2 heterocycles. The molecule has 1 aliphatic rings. The summed E-state index contributed by atoms with van der Waals surface area (Å²) in [5.74, 6) is 0. The number of rotatable bonds is 0. The first-order chi connectivity index (χ1) is 4.88. The molecule has 3 heteroatoms. The van der Waals surface area contributed by atoms with Crippen molar-refractivity contribution in [3.8, 4) is 0 Å². The molecule has 10 heavy (non-hydrogen) atoms. The molecule has 0 amide bonds. The van der Waals surface area contributed by atoms with E-state index in [-0.39, 0.29) is 0 Å². The third kappa shape index (κ3) is 0.572. The van der Waals surface area contributed by atoms with E-state index in [9.17, 15) is 5.21 Å². The van der Waals surface area contributed by atoms with Gasteiger partial charge in [0.2, 0.25) is 5.69 Å². The van der Waals surface area contributed by atoms with E-state index in [4.69, 9.17) is 0 Å². The highest BCUT2D eigenvalue weighted by Gasteiger charge is 2.12. The van der Waals surface area contributed by atoms with Crippen LogP contribution in [0.2, 0.25) is 0 Å². The monoisotopic (exact) mass is 133 g/mol. The Bertz CT molecular complexity index is 294. The van der Waals surface area contributed by atoms with Crippen LogP contribution in [0.5, 0.6) is 0 Å². The summed E-state index contributed by atoms with van der Waals surface area (Å²) in [6.45, 7) is 0. The van der Waals surface area contributed by atoms with Crippen molar-refractivity contribution in [1.29, 1.82) is 0 Å². The zero-order valence-corrected chi connectivity index (χ0v) is 5.19. The summed E-state index contributed by atoms with van der Waals surface area (Å²) in [7, 11) is 0. The fourth-order valence-electron chi connectivity index (χ4n) is 0.947. The van der Waals surface area contributed by atoms with Crippen molar-refractivity contribution in [2.45, 2.75) is 0 Å². The molecular formula is C7H5N2O. The molecule has 0 saturated carbocycles. The van der Waals surface area contributed by atoms with E-state index in [0.717, 1.165) is 10.4 Å². The maximum atomic E-state index is 10.9. The van der Waals surface area contributed by atoms with Crippen LogP contribution in [0.15, 0.2) is 24.5 Å². The minimum Gasteiger partial charge on any atom is -0.618 e. The molecule has 0 bridgehead atoms. The molecule has 1 aromatic rings. The zero-order chi connectivity index (χ0) is 6.97. The van der Waals surface area contributed by atoms with Crippen LogP contribution in [0.25, 0.3) is 6.08 Å². The lowest BCUT2D eigenvalue weighted by atomic mass is 10.3. The van der Waals surface area contributed by atoms with E-state index in [1.807, 2.05) is 6.07 Å². The fourth-order valence-corrected chi connectivity index (χ4v) is 0.947. The van der Waals surface area contributed by atoms with Gasteiger partial charge in [0.25, 0.3) is 0 Å². The van der Waals surface area contributed by atoms with Gasteiger partial charge in [0.05, 0.1) is 0 Å². The van der Waals surface area contributed by atoms with E-state index in [1.165, 1.54) is 6.20 Å². The van der Waals surface area contributed by atoms with Gasteiger partial charge in [-0.25, -0.2) is 5.32 Å². The second-order valence-corrected chi connectivity index (χ2v) is 2.05. The lowest BCUT2D eigenvalue weighted by Crippen LogP contribution is -2.28. The summed E-state index contributed by atoms with van der Waals surface area (Å²) in [5, 5.41) is 14.9. The Morgan fingerprint density at radius 2 is 2.40 bits per heavy atom. The van der Waals surface area contributed by atoms with E-state index >= 15 is 0 Å². The van der Waals surface area contributed by atoms with Crippen LogP contribution >= 0.6 is 0 Å². The van der Waals surface area contributed by atoms with Crippen LogP contribution < -0.4 is 10.0 Å². The maximum absolute atomic E-state index is 10.9. The standard InChI is InChI=1S/C7H5N2O/c10-9-5-1-2-6-7(9)3-4-8-6/h1-5H. The highest BCUT2D eigenvalue weighted by molar-refractivity contribution is 5.62. The van der Waals surface area contributed by atoms with Gasteiger partial charge in [0.15, 0.2) is 6.20 Å². The minimum atomic E-state index is 0.627. The van der Waals surface area contributed by atoms with Crippen molar-refractivity contribution in [1.82, 2.24) is 5.32 Å². The van der Waals surface area contributed by atoms with Crippen LogP contribution in [-0.2, 0) is 0 Å². The number of nitrogens with zero attached hydrogens (tertiary/aromatic N) is 2. The average Bonchev–Trinajstić information content (AvgIpc) is 2.36. The Morgan fingerprint density at radius 3 is 3.20 bits per heavy atom. The molecular weight excluding hydrogens is 128 g/mol. The Kier molecular flexibility index (Phi) is 0.917. The van der Waals surface area contributed by atoms with Crippen LogP contribution in [0.4, 0.5) is 5.69 Å². The predicted octanol–water partition coefficient (Wildman–Crippen LogP) is 0.540. The molecule has 0 fully saturated rings. The Labute approximate surface area is 58.2 Å². The topological polar surface area (TPSA) is 41.0 Å². The molecule has 0 spiro atoms. The van der Waals surface area contributed by atoms with Gasteiger partial charge in [-0.3, -0.25) is 0 Å². The first-order valence-corrected chi connectivity index (χ1v) is 2.97. The second kappa shape index (κ2) is 1.73. The molecule has 2 rings (SSSR count). The summed E-state index contributed by atoms with van der Waals surface area (Å²) in [5.41, 5.74) is 1.38. The van der Waals surface area contributed by atoms with Crippen molar-refractivity contribution in [3.05, 3.63) is 35.4 Å². The molecule has 0 N–H and O–H groups in total. The largest absolute Gasteiger partial charge is 0.618 e. The SMILES string of the molecule is [O-][n+]1cccc2c1C=C[N]2. The predicted molar refractivity (Wildman–Crippen MR) is 36.2 cm³/mol. The number of aromatic nitrogens is 1. The van der Waals surface area contributed by atoms with Crippen LogP contribution in [-0.4, -0.2) is 0 Å². The highest BCUT2D eigenvalue weighted by atomic mass is 16.5. The lowest BCUT2D eigenvalue weighted by molar-refractivity contribution is -0.606. The van der Waals surface area contributed by atoms with Crippen LogP contribution in [0, 0.1) is 5.21 Å². The van der Waals surface area contributed by atoms with Gasteiger partial charge in [-0.1, -0.05) is 0 Å². The second-order valence-electron chi connectivity index (χ2n) is 2.05. The van der Waals surface area contributed by atoms with Crippen LogP contribution in [0.3, 0.4) is 0 Å². The van der Waals surface area contributed by atoms with Gasteiger partial charge in [0.1, 0.15) is 5.69 Å². The van der Waals surface area contributed by atoms with Crippen molar-refractivity contribution < 1.29 is 4.73 Å². The normalized spacial score (nSPS) is 12.8. The fraction of sp³-hybridized carbons (Fsp3) is 0. The summed E-state index contributed by atoms with van der Waals surface area (Å²) in [6.07, 6.45) is 4.78. The molecule has 1 aromatic heterocycles. The van der Waals surface area contributed by atoms with Gasteiger partial charge >= 0.3 is 0 Å². The molecule has 3 nitrogen and oxygen atoms in total. The van der Waals surface area contributed by atoms with Crippen LogP contribution in [0.1, 0.15) is 5.69 Å². The van der Waals surface area contributed by atoms with Gasteiger partial charge in [-0.05, 0) is 6.07 Å². The Balaban J connectivity index is 2.67. The molecule has 1 aliphatic heterocycles. The van der Waals surface area contributed by atoms with Gasteiger partial charge < -0.3 is 5.21 Å². The molecule has 1 radical (unpaired) electrons. The molecule has 0 aliphatic carbocycles. The number of pyridine rings is 1. The highest BCUT2D eigenvalue weighted by Crippen LogP contribution is 2.17. The number of hydrogen-bond donors (Lipinski definition) is 0. The van der Waals surface area contributed by atoms with E-state index in [0.29, 0.717) is 5.69 Å². The molecule has 49 valence electrons. The molecule has 0 unspecified atom stereocenters. The van der Waals surface area contributed by atoms with Crippen molar-refractivity contribution in [2.24, 2.45) is 0 Å². The van der Waals surface area contributed by atoms with Crippen molar-refractivity contribution in [3.63, 3.8) is 0 Å². The molecule has 0 aromatic carbocycles. The first-order valence-electron chi connectivity index (χ1n) is 2.97. The average molecular weight is 133 g/mol. The van der Waals surface area contributed by atoms with Gasteiger partial charge in [-0.2, -0.15) is 4.73 Å². The maximum Gasteiger partial charge on any atom is 0.243 e. The Morgan fingerprint density at radius 1 is 1.50 bits per heavy atom. The van der Waals surface area contributed by atoms with E-state index < -0.39 is 0 Å². The van der Waals surface area contributed by atoms with Gasteiger partial charge in [0, 0.05) is 18.3 Å². The molecule has 0 saturated heterocycles. The smallest absolute Gasteiger partial charge is 0.243 e. The Hall–Kier alpha value is -1.51. The first kappa shape index (κ1) is 5.29. The summed E-state index contributed by atoms with van der Waals surface area (Å²) in [6, 6.07) is 3.49. The van der Waals surface area contributed by atoms with E-state index in [1.54, 1.807) is 18.3 Å². The summed E-state index contributed by atoms with van der Waals surface area (Å²) in [4.78, 5) is 0. The lowest BCUT2D eigenvalue weighted by Gasteiger charge is -1.98. The summed E-state index contributed by atoms with van der Waals surface area (Å²) < 4.78 is 0.808. The number of hydrogen-bond acceptors (Lipinski definition) is 1. The van der Waals surface area contributed by atoms with Crippen molar-refractivity contribution >= 4 is 11.8 Å². The minimum absolute atomic E-state index is 0.627. The zero-order valence-electron chi connectivity index (χ0n) is 5.19.